The molecule has 0 saturated heterocycles. The maximum absolute atomic E-state index is 8.59. The Balaban J connectivity index is 2.47. The minimum Gasteiger partial charge on any atom is -0.490 e. The SMILES string of the molecule is C=CCOc1ccc(CNCCOCCO)cc1OCC. The summed E-state index contributed by atoms with van der Waals surface area (Å²) in [6, 6.07) is 5.89. The molecule has 0 aliphatic rings. The van der Waals surface area contributed by atoms with E-state index >= 15 is 0 Å². The van der Waals surface area contributed by atoms with Crippen molar-refractivity contribution in [1.29, 1.82) is 0 Å². The molecule has 0 aliphatic heterocycles. The van der Waals surface area contributed by atoms with E-state index in [0.29, 0.717) is 26.4 Å². The molecule has 0 spiro atoms. The Morgan fingerprint density at radius 2 is 2.10 bits per heavy atom. The standard InChI is InChI=1S/C16H25NO4/c1-3-9-21-15-6-5-14(12-16(15)20-4-2)13-17-7-10-19-11-8-18/h3,5-6,12,17-18H,1,4,7-11,13H2,2H3. The van der Waals surface area contributed by atoms with Crippen molar-refractivity contribution in [3.8, 4) is 11.5 Å². The highest BCUT2D eigenvalue weighted by Gasteiger charge is 2.06. The Bertz CT molecular complexity index is 409. The predicted octanol–water partition coefficient (Wildman–Crippen LogP) is 1.75. The van der Waals surface area contributed by atoms with E-state index in [4.69, 9.17) is 19.3 Å². The molecule has 0 aliphatic carbocycles. The van der Waals surface area contributed by atoms with Crippen LogP contribution in [0.3, 0.4) is 0 Å². The van der Waals surface area contributed by atoms with Gasteiger partial charge in [0.25, 0.3) is 0 Å². The molecule has 2 N–H and O–H groups in total. The van der Waals surface area contributed by atoms with Gasteiger partial charge in [-0.05, 0) is 24.6 Å². The summed E-state index contributed by atoms with van der Waals surface area (Å²) < 4.78 is 16.3. The normalized spacial score (nSPS) is 10.4. The van der Waals surface area contributed by atoms with Gasteiger partial charge < -0.3 is 24.6 Å². The third kappa shape index (κ3) is 7.13. The zero-order valence-electron chi connectivity index (χ0n) is 12.6. The van der Waals surface area contributed by atoms with Crippen LogP contribution in [0.4, 0.5) is 0 Å². The molecule has 0 unspecified atom stereocenters. The Kier molecular flexibility index (Phi) is 9.28. The van der Waals surface area contributed by atoms with Crippen molar-refractivity contribution in [1.82, 2.24) is 5.32 Å². The molecular formula is C16H25NO4. The number of ether oxygens (including phenoxy) is 3. The van der Waals surface area contributed by atoms with Crippen LogP contribution in [0.15, 0.2) is 30.9 Å². The summed E-state index contributed by atoms with van der Waals surface area (Å²) in [5.74, 6) is 1.47. The summed E-state index contributed by atoms with van der Waals surface area (Å²) in [6.45, 7) is 9.12. The summed E-state index contributed by atoms with van der Waals surface area (Å²) in [5.41, 5.74) is 1.12. The summed E-state index contributed by atoms with van der Waals surface area (Å²) >= 11 is 0. The molecule has 5 heteroatoms. The van der Waals surface area contributed by atoms with Crippen molar-refractivity contribution in [2.75, 3.05) is 39.6 Å². The van der Waals surface area contributed by atoms with E-state index in [1.807, 2.05) is 25.1 Å². The molecule has 1 rings (SSSR count). The molecule has 0 saturated carbocycles. The summed E-state index contributed by atoms with van der Waals surface area (Å²) in [4.78, 5) is 0. The lowest BCUT2D eigenvalue weighted by atomic mass is 10.2. The van der Waals surface area contributed by atoms with Gasteiger partial charge in [-0.15, -0.1) is 0 Å². The lowest BCUT2D eigenvalue weighted by Crippen LogP contribution is -2.20. The van der Waals surface area contributed by atoms with E-state index in [2.05, 4.69) is 11.9 Å². The molecule has 0 aromatic heterocycles. The Morgan fingerprint density at radius 3 is 2.81 bits per heavy atom. The molecule has 118 valence electrons. The maximum atomic E-state index is 8.59. The predicted molar refractivity (Wildman–Crippen MR) is 82.9 cm³/mol. The second-order valence-electron chi connectivity index (χ2n) is 4.33. The second-order valence-corrected chi connectivity index (χ2v) is 4.33. The zero-order chi connectivity index (χ0) is 15.3. The molecule has 1 aromatic rings. The van der Waals surface area contributed by atoms with Crippen LogP contribution in [-0.2, 0) is 11.3 Å². The number of hydrogen-bond donors (Lipinski definition) is 2. The van der Waals surface area contributed by atoms with Gasteiger partial charge in [-0.25, -0.2) is 0 Å². The molecule has 0 fully saturated rings. The molecule has 1 aromatic carbocycles. The summed E-state index contributed by atoms with van der Waals surface area (Å²) in [5, 5.41) is 11.9. The number of nitrogens with one attached hydrogen (secondary N) is 1. The zero-order valence-corrected chi connectivity index (χ0v) is 12.6. The molecule has 0 atom stereocenters. The van der Waals surface area contributed by atoms with Crippen molar-refractivity contribution in [2.24, 2.45) is 0 Å². The fraction of sp³-hybridized carbons (Fsp3) is 0.500. The fourth-order valence-corrected chi connectivity index (χ4v) is 1.74. The average molecular weight is 295 g/mol. The van der Waals surface area contributed by atoms with Gasteiger partial charge >= 0.3 is 0 Å². The van der Waals surface area contributed by atoms with Gasteiger partial charge in [0.05, 0.1) is 26.4 Å². The van der Waals surface area contributed by atoms with Crippen LogP contribution in [0.25, 0.3) is 0 Å². The fourth-order valence-electron chi connectivity index (χ4n) is 1.74. The number of rotatable bonds is 12. The number of hydrogen-bond acceptors (Lipinski definition) is 5. The van der Waals surface area contributed by atoms with Gasteiger partial charge in [0.15, 0.2) is 11.5 Å². The van der Waals surface area contributed by atoms with E-state index in [1.165, 1.54) is 0 Å². The summed E-state index contributed by atoms with van der Waals surface area (Å²) in [6.07, 6.45) is 1.71. The smallest absolute Gasteiger partial charge is 0.161 e. The number of aliphatic hydroxyl groups is 1. The van der Waals surface area contributed by atoms with Crippen LogP contribution in [0.1, 0.15) is 12.5 Å². The molecule has 0 heterocycles. The third-order valence-corrected chi connectivity index (χ3v) is 2.65. The van der Waals surface area contributed by atoms with E-state index in [0.717, 1.165) is 30.2 Å². The van der Waals surface area contributed by atoms with Gasteiger partial charge in [0.1, 0.15) is 6.61 Å². The van der Waals surface area contributed by atoms with E-state index in [9.17, 15) is 0 Å². The second kappa shape index (κ2) is 11.1. The van der Waals surface area contributed by atoms with Gasteiger partial charge in [-0.1, -0.05) is 18.7 Å². The highest BCUT2D eigenvalue weighted by atomic mass is 16.5. The topological polar surface area (TPSA) is 60.0 Å². The van der Waals surface area contributed by atoms with Crippen LogP contribution in [-0.4, -0.2) is 44.7 Å². The van der Waals surface area contributed by atoms with E-state index in [1.54, 1.807) is 6.08 Å². The van der Waals surface area contributed by atoms with Crippen LogP contribution < -0.4 is 14.8 Å². The Hall–Kier alpha value is -1.56. The van der Waals surface area contributed by atoms with Crippen LogP contribution >= 0.6 is 0 Å². The quantitative estimate of drug-likeness (QED) is 0.454. The Morgan fingerprint density at radius 1 is 1.24 bits per heavy atom. The van der Waals surface area contributed by atoms with E-state index in [-0.39, 0.29) is 6.61 Å². The lowest BCUT2D eigenvalue weighted by molar-refractivity contribution is 0.0938. The molecule has 5 nitrogen and oxygen atoms in total. The lowest BCUT2D eigenvalue weighted by Gasteiger charge is -2.13. The summed E-state index contributed by atoms with van der Waals surface area (Å²) in [7, 11) is 0. The van der Waals surface area contributed by atoms with Crippen LogP contribution in [0.5, 0.6) is 11.5 Å². The van der Waals surface area contributed by atoms with Gasteiger partial charge in [-0.2, -0.15) is 0 Å². The molecule has 0 amide bonds. The average Bonchev–Trinajstić information content (AvgIpc) is 2.50. The first kappa shape index (κ1) is 17.5. The minimum atomic E-state index is 0.0594. The first-order valence-electron chi connectivity index (χ1n) is 7.20. The highest BCUT2D eigenvalue weighted by molar-refractivity contribution is 5.43. The molecule has 21 heavy (non-hydrogen) atoms. The van der Waals surface area contributed by atoms with Crippen molar-refractivity contribution in [2.45, 2.75) is 13.5 Å². The number of aliphatic hydroxyl groups excluding tert-OH is 1. The highest BCUT2D eigenvalue weighted by Crippen LogP contribution is 2.28. The monoisotopic (exact) mass is 295 g/mol. The van der Waals surface area contributed by atoms with Gasteiger partial charge in [-0.3, -0.25) is 0 Å². The third-order valence-electron chi connectivity index (χ3n) is 2.65. The molecular weight excluding hydrogens is 270 g/mol. The first-order chi connectivity index (χ1) is 10.3. The first-order valence-corrected chi connectivity index (χ1v) is 7.20. The van der Waals surface area contributed by atoms with E-state index < -0.39 is 0 Å². The van der Waals surface area contributed by atoms with Gasteiger partial charge in [0, 0.05) is 13.1 Å². The van der Waals surface area contributed by atoms with Crippen molar-refractivity contribution >= 4 is 0 Å². The van der Waals surface area contributed by atoms with Crippen molar-refractivity contribution < 1.29 is 19.3 Å². The largest absolute Gasteiger partial charge is 0.490 e. The van der Waals surface area contributed by atoms with Crippen LogP contribution in [0.2, 0.25) is 0 Å². The van der Waals surface area contributed by atoms with Crippen LogP contribution in [0, 0.1) is 0 Å². The van der Waals surface area contributed by atoms with Gasteiger partial charge in [0.2, 0.25) is 0 Å². The number of benzene rings is 1. The maximum Gasteiger partial charge on any atom is 0.161 e. The Labute approximate surface area is 126 Å². The minimum absolute atomic E-state index is 0.0594. The molecule has 0 bridgehead atoms. The van der Waals surface area contributed by atoms with Crippen molar-refractivity contribution in [3.05, 3.63) is 36.4 Å². The van der Waals surface area contributed by atoms with Crippen molar-refractivity contribution in [3.63, 3.8) is 0 Å². The molecule has 0 radical (unpaired) electrons.